The number of nitrogens with zero attached hydrogens (tertiary/aromatic N) is 1. The molecular weight excluding hydrogens is 309 g/mol. The van der Waals surface area contributed by atoms with Crippen molar-refractivity contribution in [3.05, 3.63) is 38.6 Å². The molecule has 2 nitrogen and oxygen atoms in total. The molecule has 0 aliphatic heterocycles. The van der Waals surface area contributed by atoms with E-state index in [1.54, 1.807) is 0 Å². The molecule has 1 saturated carbocycles. The molecule has 2 aliphatic rings. The molecule has 0 N–H and O–H groups in total. The van der Waals surface area contributed by atoms with E-state index < -0.39 is 0 Å². The number of Topliss-reactive ketones (excluding diaryl/α,β-unsaturated/α-hetero) is 1. The van der Waals surface area contributed by atoms with Crippen molar-refractivity contribution in [2.24, 2.45) is 5.92 Å². The normalized spacial score (nSPS) is 21.7. The molecule has 0 heterocycles. The Kier molecular flexibility index (Phi) is 2.83. The van der Waals surface area contributed by atoms with E-state index in [0.717, 1.165) is 24.0 Å². The maximum absolute atomic E-state index is 13.8. The van der Waals surface area contributed by atoms with Crippen molar-refractivity contribution in [3.8, 4) is 6.07 Å². The monoisotopic (exact) mass is 319 g/mol. The van der Waals surface area contributed by atoms with Gasteiger partial charge in [0.2, 0.25) is 0 Å². The van der Waals surface area contributed by atoms with Gasteiger partial charge in [0.25, 0.3) is 0 Å². The molecular formula is C15H11BrFNO. The molecule has 1 aromatic carbocycles. The summed E-state index contributed by atoms with van der Waals surface area (Å²) in [5, 5.41) is 9.06. The lowest BCUT2D eigenvalue weighted by molar-refractivity contribution is -0.117. The quantitative estimate of drug-likeness (QED) is 0.788. The van der Waals surface area contributed by atoms with Gasteiger partial charge in [-0.1, -0.05) is 0 Å². The molecule has 0 amide bonds. The number of ketones is 1. The zero-order chi connectivity index (χ0) is 13.7. The van der Waals surface area contributed by atoms with E-state index >= 15 is 0 Å². The van der Waals surface area contributed by atoms with E-state index in [1.807, 2.05) is 13.0 Å². The van der Waals surface area contributed by atoms with Gasteiger partial charge < -0.3 is 0 Å². The zero-order valence-corrected chi connectivity index (χ0v) is 11.9. The molecule has 3 rings (SSSR count). The van der Waals surface area contributed by atoms with Gasteiger partial charge in [0.15, 0.2) is 5.78 Å². The van der Waals surface area contributed by atoms with Crippen LogP contribution in [-0.2, 0) is 4.79 Å². The van der Waals surface area contributed by atoms with Crippen molar-refractivity contribution in [1.29, 1.82) is 5.26 Å². The standard InChI is InChI=1S/C15H11BrFNO/c1-7-12-9(5-11(17)14(7)16)4-10(6-18)15(19)13(12)8-2-3-8/h4-5,8,13H,2-3H2,1H3. The van der Waals surface area contributed by atoms with Gasteiger partial charge in [-0.3, -0.25) is 4.79 Å². The first-order valence-electron chi connectivity index (χ1n) is 6.19. The molecule has 2 aliphatic carbocycles. The summed E-state index contributed by atoms with van der Waals surface area (Å²) in [7, 11) is 0. The highest BCUT2D eigenvalue weighted by atomic mass is 79.9. The topological polar surface area (TPSA) is 40.9 Å². The Bertz CT molecular complexity index is 668. The molecule has 4 heteroatoms. The molecule has 96 valence electrons. The molecule has 1 aromatic rings. The molecule has 1 atom stereocenters. The average Bonchev–Trinajstić information content (AvgIpc) is 3.20. The van der Waals surface area contributed by atoms with E-state index in [2.05, 4.69) is 15.9 Å². The SMILES string of the molecule is Cc1c(Br)c(F)cc2c1C(C1CC1)C(=O)C(C#N)=C2. The highest BCUT2D eigenvalue weighted by Crippen LogP contribution is 2.49. The Morgan fingerprint density at radius 2 is 2.16 bits per heavy atom. The van der Waals surface area contributed by atoms with Gasteiger partial charge in [0.1, 0.15) is 11.9 Å². The molecule has 1 fully saturated rings. The molecule has 19 heavy (non-hydrogen) atoms. The lowest BCUT2D eigenvalue weighted by Gasteiger charge is -2.25. The fourth-order valence-electron chi connectivity index (χ4n) is 2.82. The van der Waals surface area contributed by atoms with Gasteiger partial charge in [-0.2, -0.15) is 5.26 Å². The van der Waals surface area contributed by atoms with Gasteiger partial charge in [0.05, 0.1) is 16.0 Å². The number of rotatable bonds is 1. The van der Waals surface area contributed by atoms with E-state index in [1.165, 1.54) is 12.1 Å². The van der Waals surface area contributed by atoms with Crippen LogP contribution in [0.4, 0.5) is 4.39 Å². The average molecular weight is 320 g/mol. The number of carbonyl (C=O) groups is 1. The third-order valence-corrected chi connectivity index (χ3v) is 4.88. The highest BCUT2D eigenvalue weighted by Gasteiger charge is 2.42. The first-order valence-corrected chi connectivity index (χ1v) is 6.98. The largest absolute Gasteiger partial charge is 0.293 e. The number of allylic oxidation sites excluding steroid dienone is 1. The van der Waals surface area contributed by atoms with E-state index in [-0.39, 0.29) is 23.1 Å². The summed E-state index contributed by atoms with van der Waals surface area (Å²) in [6.07, 6.45) is 3.52. The second-order valence-electron chi connectivity index (χ2n) is 5.15. The molecule has 0 aromatic heterocycles. The Balaban J connectivity index is 2.29. The fourth-order valence-corrected chi connectivity index (χ4v) is 3.14. The number of halogens is 2. The van der Waals surface area contributed by atoms with Crippen LogP contribution in [0.1, 0.15) is 35.4 Å². The summed E-state index contributed by atoms with van der Waals surface area (Å²) in [6.45, 7) is 1.82. The minimum Gasteiger partial charge on any atom is -0.293 e. The summed E-state index contributed by atoms with van der Waals surface area (Å²) >= 11 is 3.24. The van der Waals surface area contributed by atoms with Crippen LogP contribution in [0.3, 0.4) is 0 Å². The molecule has 0 bridgehead atoms. The Labute approximate surface area is 119 Å². The Hall–Kier alpha value is -1.47. The van der Waals surface area contributed by atoms with Crippen molar-refractivity contribution in [2.45, 2.75) is 25.7 Å². The van der Waals surface area contributed by atoms with Crippen LogP contribution in [0.15, 0.2) is 16.1 Å². The Morgan fingerprint density at radius 3 is 2.74 bits per heavy atom. The number of hydrogen-bond acceptors (Lipinski definition) is 2. The molecule has 0 radical (unpaired) electrons. The van der Waals surface area contributed by atoms with Gasteiger partial charge in [-0.25, -0.2) is 4.39 Å². The lowest BCUT2D eigenvalue weighted by atomic mass is 9.77. The summed E-state index contributed by atoms with van der Waals surface area (Å²) in [4.78, 5) is 12.3. The van der Waals surface area contributed by atoms with E-state index in [9.17, 15) is 9.18 Å². The second kappa shape index (κ2) is 4.28. The van der Waals surface area contributed by atoms with Crippen LogP contribution in [0.5, 0.6) is 0 Å². The summed E-state index contributed by atoms with van der Waals surface area (Å²) in [5.74, 6) is -0.432. The minimum atomic E-state index is -0.353. The maximum Gasteiger partial charge on any atom is 0.181 e. The predicted octanol–water partition coefficient (Wildman–Crippen LogP) is 3.88. The zero-order valence-electron chi connectivity index (χ0n) is 10.3. The summed E-state index contributed by atoms with van der Waals surface area (Å²) in [6, 6.07) is 3.35. The number of fused-ring (bicyclic) bond motifs is 1. The van der Waals surface area contributed by atoms with Crippen molar-refractivity contribution in [3.63, 3.8) is 0 Å². The number of nitriles is 1. The third kappa shape index (κ3) is 1.84. The van der Waals surface area contributed by atoms with Gasteiger partial charge >= 0.3 is 0 Å². The molecule has 0 spiro atoms. The van der Waals surface area contributed by atoms with Crippen LogP contribution in [-0.4, -0.2) is 5.78 Å². The molecule has 1 unspecified atom stereocenters. The van der Waals surface area contributed by atoms with E-state index in [4.69, 9.17) is 5.26 Å². The van der Waals surface area contributed by atoms with Gasteiger partial charge in [0, 0.05) is 0 Å². The second-order valence-corrected chi connectivity index (χ2v) is 5.94. The van der Waals surface area contributed by atoms with Crippen molar-refractivity contribution in [2.75, 3.05) is 0 Å². The number of carbonyl (C=O) groups excluding carboxylic acids is 1. The third-order valence-electron chi connectivity index (χ3n) is 3.91. The summed E-state index contributed by atoms with van der Waals surface area (Å²) < 4.78 is 14.2. The molecule has 0 saturated heterocycles. The first-order chi connectivity index (χ1) is 9.04. The van der Waals surface area contributed by atoms with Crippen molar-refractivity contribution < 1.29 is 9.18 Å². The minimum absolute atomic E-state index is 0.112. The number of hydrogen-bond donors (Lipinski definition) is 0. The number of benzene rings is 1. The van der Waals surface area contributed by atoms with Crippen molar-refractivity contribution >= 4 is 27.8 Å². The van der Waals surface area contributed by atoms with Crippen molar-refractivity contribution in [1.82, 2.24) is 0 Å². The smallest absolute Gasteiger partial charge is 0.181 e. The first kappa shape index (κ1) is 12.6. The van der Waals surface area contributed by atoms with E-state index in [0.29, 0.717) is 16.0 Å². The van der Waals surface area contributed by atoms with Crippen LogP contribution in [0, 0.1) is 30.0 Å². The lowest BCUT2D eigenvalue weighted by Crippen LogP contribution is -2.22. The maximum atomic E-state index is 13.8. The Morgan fingerprint density at radius 1 is 1.47 bits per heavy atom. The van der Waals surface area contributed by atoms with Gasteiger partial charge in [-0.15, -0.1) is 0 Å². The fraction of sp³-hybridized carbons (Fsp3) is 0.333. The van der Waals surface area contributed by atoms with Crippen LogP contribution >= 0.6 is 15.9 Å². The van der Waals surface area contributed by atoms with Crippen LogP contribution < -0.4 is 0 Å². The van der Waals surface area contributed by atoms with Crippen LogP contribution in [0.2, 0.25) is 0 Å². The summed E-state index contributed by atoms with van der Waals surface area (Å²) in [5.41, 5.74) is 2.48. The van der Waals surface area contributed by atoms with Crippen LogP contribution in [0.25, 0.3) is 6.08 Å². The highest BCUT2D eigenvalue weighted by molar-refractivity contribution is 9.10. The predicted molar refractivity (Wildman–Crippen MR) is 72.9 cm³/mol. The van der Waals surface area contributed by atoms with Gasteiger partial charge in [-0.05, 0) is 70.4 Å².